The van der Waals surface area contributed by atoms with Gasteiger partial charge in [-0.1, -0.05) is 0 Å². The van der Waals surface area contributed by atoms with Gasteiger partial charge in [-0.15, -0.1) is 5.10 Å². The molecular weight excluding hydrogens is 274 g/mol. The Hall–Kier alpha value is -1.41. The molecule has 110 valence electrons. The van der Waals surface area contributed by atoms with Gasteiger partial charge >= 0.3 is 0 Å². The van der Waals surface area contributed by atoms with Gasteiger partial charge < -0.3 is 5.32 Å². The third kappa shape index (κ3) is 3.37. The van der Waals surface area contributed by atoms with E-state index in [1.54, 1.807) is 4.68 Å². The average molecular weight is 295 g/mol. The second-order valence-electron chi connectivity index (χ2n) is 5.78. The maximum Gasteiger partial charge on any atom is 0.215 e. The van der Waals surface area contributed by atoms with Crippen molar-refractivity contribution in [1.29, 1.82) is 0 Å². The van der Waals surface area contributed by atoms with Gasteiger partial charge in [-0.2, -0.15) is 5.10 Å². The molecule has 0 saturated heterocycles. The predicted molar refractivity (Wildman–Crippen MR) is 77.5 cm³/mol. The summed E-state index contributed by atoms with van der Waals surface area (Å²) in [5.41, 5.74) is 2.29. The Morgan fingerprint density at radius 1 is 1.20 bits per heavy atom. The second kappa shape index (κ2) is 5.53. The molecule has 0 aromatic carbocycles. The van der Waals surface area contributed by atoms with Crippen LogP contribution in [0.3, 0.4) is 0 Å². The molecule has 0 saturated carbocycles. The van der Waals surface area contributed by atoms with E-state index in [0.29, 0.717) is 0 Å². The van der Waals surface area contributed by atoms with Crippen LogP contribution in [0.25, 0.3) is 0 Å². The first-order valence-electron chi connectivity index (χ1n) is 6.45. The third-order valence-corrected chi connectivity index (χ3v) is 4.09. The number of tetrazole rings is 1. The molecule has 0 spiro atoms. The minimum Gasteiger partial charge on any atom is -0.308 e. The molecule has 0 aliphatic rings. The Kier molecular flexibility index (Phi) is 4.14. The monoisotopic (exact) mass is 295 g/mol. The molecule has 0 radical (unpaired) electrons. The standard InChI is InChI=1S/C12H21N7S/c1-8-9(7-13-12(2,3)4)10(18(5)15-8)20-11-14-16-17-19(11)6/h13H,7H2,1-6H3. The van der Waals surface area contributed by atoms with Crippen LogP contribution >= 0.6 is 11.8 Å². The smallest absolute Gasteiger partial charge is 0.215 e. The molecule has 20 heavy (non-hydrogen) atoms. The summed E-state index contributed by atoms with van der Waals surface area (Å²) < 4.78 is 3.54. The summed E-state index contributed by atoms with van der Waals surface area (Å²) in [5, 5.41) is 21.4. The van der Waals surface area contributed by atoms with Crippen molar-refractivity contribution >= 4 is 11.8 Å². The first kappa shape index (κ1) is 15.0. The summed E-state index contributed by atoms with van der Waals surface area (Å²) in [4.78, 5) is 0. The number of hydrogen-bond acceptors (Lipinski definition) is 6. The highest BCUT2D eigenvalue weighted by Gasteiger charge is 2.19. The first-order valence-corrected chi connectivity index (χ1v) is 7.27. The molecule has 0 unspecified atom stereocenters. The molecule has 2 heterocycles. The van der Waals surface area contributed by atoms with Crippen molar-refractivity contribution in [3.05, 3.63) is 11.3 Å². The van der Waals surface area contributed by atoms with E-state index in [4.69, 9.17) is 0 Å². The summed E-state index contributed by atoms with van der Waals surface area (Å²) in [5.74, 6) is 0. The van der Waals surface area contributed by atoms with Crippen molar-refractivity contribution in [2.75, 3.05) is 0 Å². The Bertz CT molecular complexity index is 593. The van der Waals surface area contributed by atoms with Gasteiger partial charge in [0.15, 0.2) is 0 Å². The van der Waals surface area contributed by atoms with Crippen LogP contribution in [0, 0.1) is 6.92 Å². The van der Waals surface area contributed by atoms with Gasteiger partial charge in [0.25, 0.3) is 0 Å². The minimum atomic E-state index is 0.0660. The summed E-state index contributed by atoms with van der Waals surface area (Å²) in [6.45, 7) is 9.25. The SMILES string of the molecule is Cc1nn(C)c(Sc2nnnn2C)c1CNC(C)(C)C. The van der Waals surface area contributed by atoms with E-state index >= 15 is 0 Å². The van der Waals surface area contributed by atoms with Crippen LogP contribution in [0.2, 0.25) is 0 Å². The molecule has 0 aliphatic heterocycles. The fourth-order valence-corrected chi connectivity index (χ4v) is 2.69. The molecule has 2 aromatic heterocycles. The van der Waals surface area contributed by atoms with E-state index in [9.17, 15) is 0 Å². The Labute approximate surface area is 123 Å². The van der Waals surface area contributed by atoms with Gasteiger partial charge in [-0.05, 0) is 49.9 Å². The highest BCUT2D eigenvalue weighted by atomic mass is 32.2. The lowest BCUT2D eigenvalue weighted by atomic mass is 10.1. The normalized spacial score (nSPS) is 12.1. The van der Waals surface area contributed by atoms with E-state index in [0.717, 1.165) is 22.4 Å². The molecule has 0 atom stereocenters. The highest BCUT2D eigenvalue weighted by molar-refractivity contribution is 7.99. The zero-order valence-electron chi connectivity index (χ0n) is 12.8. The lowest BCUT2D eigenvalue weighted by molar-refractivity contribution is 0.421. The Morgan fingerprint density at radius 2 is 1.90 bits per heavy atom. The molecule has 0 fully saturated rings. The molecule has 0 bridgehead atoms. The summed E-state index contributed by atoms with van der Waals surface area (Å²) in [7, 11) is 3.78. The van der Waals surface area contributed by atoms with Crippen molar-refractivity contribution in [3.63, 3.8) is 0 Å². The van der Waals surface area contributed by atoms with E-state index in [2.05, 4.69) is 46.7 Å². The van der Waals surface area contributed by atoms with Gasteiger partial charge in [0.1, 0.15) is 5.03 Å². The van der Waals surface area contributed by atoms with Crippen molar-refractivity contribution in [1.82, 2.24) is 35.3 Å². The van der Waals surface area contributed by atoms with Crippen LogP contribution in [0.5, 0.6) is 0 Å². The maximum absolute atomic E-state index is 4.50. The first-order chi connectivity index (χ1) is 9.28. The zero-order chi connectivity index (χ0) is 14.9. The Morgan fingerprint density at radius 3 is 2.45 bits per heavy atom. The largest absolute Gasteiger partial charge is 0.308 e. The van der Waals surface area contributed by atoms with Crippen LogP contribution in [0.4, 0.5) is 0 Å². The lowest BCUT2D eigenvalue weighted by Crippen LogP contribution is -2.35. The van der Waals surface area contributed by atoms with Gasteiger partial charge in [0.05, 0.1) is 5.69 Å². The van der Waals surface area contributed by atoms with Crippen LogP contribution < -0.4 is 5.32 Å². The molecule has 2 rings (SSSR count). The average Bonchev–Trinajstić information content (AvgIpc) is 2.82. The second-order valence-corrected chi connectivity index (χ2v) is 6.74. The number of hydrogen-bond donors (Lipinski definition) is 1. The van der Waals surface area contributed by atoms with E-state index in [1.165, 1.54) is 17.3 Å². The number of nitrogens with zero attached hydrogens (tertiary/aromatic N) is 6. The molecule has 0 aliphatic carbocycles. The van der Waals surface area contributed by atoms with Crippen molar-refractivity contribution in [2.45, 2.75) is 50.0 Å². The fourth-order valence-electron chi connectivity index (χ4n) is 1.76. The van der Waals surface area contributed by atoms with Crippen molar-refractivity contribution in [3.8, 4) is 0 Å². The lowest BCUT2D eigenvalue weighted by Gasteiger charge is -2.20. The molecule has 1 N–H and O–H groups in total. The molecule has 0 amide bonds. The number of aromatic nitrogens is 6. The Balaban J connectivity index is 2.26. The number of rotatable bonds is 4. The third-order valence-electron chi connectivity index (χ3n) is 2.85. The molecule has 2 aromatic rings. The summed E-state index contributed by atoms with van der Waals surface area (Å²) >= 11 is 1.53. The summed E-state index contributed by atoms with van der Waals surface area (Å²) in [6.07, 6.45) is 0. The van der Waals surface area contributed by atoms with E-state index in [1.807, 2.05) is 25.7 Å². The highest BCUT2D eigenvalue weighted by Crippen LogP contribution is 2.29. The minimum absolute atomic E-state index is 0.0660. The molecule has 7 nitrogen and oxygen atoms in total. The zero-order valence-corrected chi connectivity index (χ0v) is 13.6. The molecule has 8 heteroatoms. The number of aryl methyl sites for hydroxylation is 3. The van der Waals surface area contributed by atoms with E-state index in [-0.39, 0.29) is 5.54 Å². The van der Waals surface area contributed by atoms with Crippen molar-refractivity contribution in [2.24, 2.45) is 14.1 Å². The quantitative estimate of drug-likeness (QED) is 0.916. The number of nitrogens with one attached hydrogen (secondary N) is 1. The van der Waals surface area contributed by atoms with Crippen LogP contribution in [0.15, 0.2) is 10.2 Å². The van der Waals surface area contributed by atoms with Gasteiger partial charge in [0.2, 0.25) is 5.16 Å². The van der Waals surface area contributed by atoms with E-state index < -0.39 is 0 Å². The summed E-state index contributed by atoms with van der Waals surface area (Å²) in [6, 6.07) is 0. The van der Waals surface area contributed by atoms with Crippen molar-refractivity contribution < 1.29 is 0 Å². The predicted octanol–water partition coefficient (Wildman–Crippen LogP) is 1.29. The van der Waals surface area contributed by atoms with Crippen LogP contribution in [-0.4, -0.2) is 35.5 Å². The topological polar surface area (TPSA) is 73.5 Å². The maximum atomic E-state index is 4.50. The van der Waals surface area contributed by atoms with Gasteiger partial charge in [-0.25, -0.2) is 4.68 Å². The van der Waals surface area contributed by atoms with Gasteiger partial charge in [0, 0.05) is 31.7 Å². The van der Waals surface area contributed by atoms with Crippen LogP contribution in [0.1, 0.15) is 32.0 Å². The van der Waals surface area contributed by atoms with Gasteiger partial charge in [-0.3, -0.25) is 4.68 Å². The fraction of sp³-hybridized carbons (Fsp3) is 0.667. The van der Waals surface area contributed by atoms with Crippen LogP contribution in [-0.2, 0) is 20.6 Å². The molecular formula is C12H21N7S.